The van der Waals surface area contributed by atoms with Gasteiger partial charge in [-0.2, -0.15) is 0 Å². The summed E-state index contributed by atoms with van der Waals surface area (Å²) < 4.78 is 22.7. The van der Waals surface area contributed by atoms with Gasteiger partial charge in [-0.05, 0) is 36.6 Å². The van der Waals surface area contributed by atoms with E-state index < -0.39 is 9.84 Å². The molecule has 1 fully saturated rings. The van der Waals surface area contributed by atoms with E-state index in [-0.39, 0.29) is 23.3 Å². The molecule has 1 aliphatic rings. The van der Waals surface area contributed by atoms with E-state index in [1.807, 2.05) is 24.4 Å². The smallest absolute Gasteiger partial charge is 0.251 e. The first-order chi connectivity index (χ1) is 9.53. The van der Waals surface area contributed by atoms with Crippen LogP contribution in [0.2, 0.25) is 0 Å². The average molecular weight is 292 g/mol. The highest BCUT2D eigenvalue weighted by molar-refractivity contribution is 7.91. The molecule has 6 heteroatoms. The van der Waals surface area contributed by atoms with Gasteiger partial charge in [-0.15, -0.1) is 0 Å². The third-order valence-electron chi connectivity index (χ3n) is 3.69. The van der Waals surface area contributed by atoms with Crippen molar-refractivity contribution in [1.29, 1.82) is 0 Å². The summed E-state index contributed by atoms with van der Waals surface area (Å²) in [5, 5.41) is 3.81. The molecule has 1 aromatic carbocycles. The second-order valence-electron chi connectivity index (χ2n) is 5.26. The summed E-state index contributed by atoms with van der Waals surface area (Å²) in [7, 11) is -2.88. The zero-order valence-corrected chi connectivity index (χ0v) is 11.7. The maximum Gasteiger partial charge on any atom is 0.251 e. The van der Waals surface area contributed by atoms with Gasteiger partial charge in [0.1, 0.15) is 0 Å². The van der Waals surface area contributed by atoms with Crippen LogP contribution in [0.25, 0.3) is 10.9 Å². The number of amides is 1. The van der Waals surface area contributed by atoms with Gasteiger partial charge in [0.2, 0.25) is 0 Å². The van der Waals surface area contributed by atoms with Gasteiger partial charge in [0.05, 0.1) is 11.5 Å². The van der Waals surface area contributed by atoms with Crippen molar-refractivity contribution in [2.45, 2.75) is 6.42 Å². The minimum Gasteiger partial charge on any atom is -0.361 e. The number of hydrogen-bond acceptors (Lipinski definition) is 3. The van der Waals surface area contributed by atoms with E-state index in [0.717, 1.165) is 10.9 Å². The summed E-state index contributed by atoms with van der Waals surface area (Å²) >= 11 is 0. The number of aromatic nitrogens is 1. The van der Waals surface area contributed by atoms with Crippen LogP contribution in [0.5, 0.6) is 0 Å². The standard InChI is InChI=1S/C14H16N2O3S/c17-14(16-8-10-4-6-20(18,19)9-10)12-1-2-13-11(7-12)3-5-15-13/h1-3,5,7,10,15H,4,6,8-9H2,(H,16,17). The lowest BCUT2D eigenvalue weighted by atomic mass is 10.1. The normalized spacial score (nSPS) is 21.1. The number of nitrogens with one attached hydrogen (secondary N) is 2. The van der Waals surface area contributed by atoms with Gasteiger partial charge in [-0.25, -0.2) is 8.42 Å². The highest BCUT2D eigenvalue weighted by Gasteiger charge is 2.27. The molecule has 2 aromatic rings. The summed E-state index contributed by atoms with van der Waals surface area (Å²) in [6.45, 7) is 0.420. The number of sulfone groups is 1. The molecule has 1 aromatic heterocycles. The lowest BCUT2D eigenvalue weighted by molar-refractivity contribution is 0.0948. The Morgan fingerprint density at radius 3 is 2.95 bits per heavy atom. The van der Waals surface area contributed by atoms with Gasteiger partial charge in [0, 0.05) is 29.2 Å². The summed E-state index contributed by atoms with van der Waals surface area (Å²) in [6.07, 6.45) is 2.47. The molecule has 1 aliphatic heterocycles. The Hall–Kier alpha value is -1.82. The Morgan fingerprint density at radius 1 is 1.35 bits per heavy atom. The second kappa shape index (κ2) is 4.94. The fourth-order valence-corrected chi connectivity index (χ4v) is 4.43. The van der Waals surface area contributed by atoms with Crippen LogP contribution in [-0.4, -0.2) is 37.4 Å². The van der Waals surface area contributed by atoms with Crippen LogP contribution in [0, 0.1) is 5.92 Å². The fourth-order valence-electron chi connectivity index (χ4n) is 2.57. The molecule has 0 aliphatic carbocycles. The van der Waals surface area contributed by atoms with Gasteiger partial charge in [0.15, 0.2) is 9.84 Å². The first kappa shape index (κ1) is 13.2. The van der Waals surface area contributed by atoms with E-state index in [1.54, 1.807) is 6.07 Å². The SMILES string of the molecule is O=C(NCC1CCS(=O)(=O)C1)c1ccc2[nH]ccc2c1. The van der Waals surface area contributed by atoms with Gasteiger partial charge in [0.25, 0.3) is 5.91 Å². The van der Waals surface area contributed by atoms with Crippen LogP contribution in [-0.2, 0) is 9.84 Å². The Morgan fingerprint density at radius 2 is 2.20 bits per heavy atom. The van der Waals surface area contributed by atoms with Crippen molar-refractivity contribution in [3.8, 4) is 0 Å². The maximum atomic E-state index is 12.1. The summed E-state index contributed by atoms with van der Waals surface area (Å²) in [5.74, 6) is 0.310. The monoisotopic (exact) mass is 292 g/mol. The number of rotatable bonds is 3. The molecule has 2 N–H and O–H groups in total. The molecule has 20 heavy (non-hydrogen) atoms. The van der Waals surface area contributed by atoms with E-state index in [9.17, 15) is 13.2 Å². The molecule has 5 nitrogen and oxygen atoms in total. The van der Waals surface area contributed by atoms with Gasteiger partial charge in [-0.3, -0.25) is 4.79 Å². The molecule has 0 radical (unpaired) electrons. The number of carbonyl (C=O) groups is 1. The molecular formula is C14H16N2O3S. The predicted octanol–water partition coefficient (Wildman–Crippen LogP) is 1.33. The molecule has 1 atom stereocenters. The Balaban J connectivity index is 1.64. The zero-order chi connectivity index (χ0) is 14.2. The topological polar surface area (TPSA) is 79.0 Å². The highest BCUT2D eigenvalue weighted by Crippen LogP contribution is 2.18. The Labute approximate surface area is 117 Å². The van der Waals surface area contributed by atoms with Crippen LogP contribution in [0.4, 0.5) is 0 Å². The van der Waals surface area contributed by atoms with Crippen molar-refractivity contribution in [2.75, 3.05) is 18.1 Å². The second-order valence-corrected chi connectivity index (χ2v) is 7.49. The number of aromatic amines is 1. The van der Waals surface area contributed by atoms with E-state index in [1.165, 1.54) is 0 Å². The van der Waals surface area contributed by atoms with E-state index in [0.29, 0.717) is 18.5 Å². The van der Waals surface area contributed by atoms with Crippen molar-refractivity contribution in [1.82, 2.24) is 10.3 Å². The predicted molar refractivity (Wildman–Crippen MR) is 77.4 cm³/mol. The van der Waals surface area contributed by atoms with Crippen molar-refractivity contribution >= 4 is 26.6 Å². The van der Waals surface area contributed by atoms with E-state index in [2.05, 4.69) is 10.3 Å². The zero-order valence-electron chi connectivity index (χ0n) is 10.9. The lowest BCUT2D eigenvalue weighted by Crippen LogP contribution is -2.29. The van der Waals surface area contributed by atoms with E-state index in [4.69, 9.17) is 0 Å². The molecule has 3 rings (SSSR count). The molecule has 0 bridgehead atoms. The third-order valence-corrected chi connectivity index (χ3v) is 5.53. The van der Waals surface area contributed by atoms with Crippen LogP contribution >= 0.6 is 0 Å². The molecule has 1 unspecified atom stereocenters. The minimum absolute atomic E-state index is 0.0416. The molecule has 0 spiro atoms. The summed E-state index contributed by atoms with van der Waals surface area (Å²) in [4.78, 5) is 15.1. The van der Waals surface area contributed by atoms with Crippen LogP contribution in [0.1, 0.15) is 16.8 Å². The number of benzene rings is 1. The number of hydrogen-bond donors (Lipinski definition) is 2. The van der Waals surface area contributed by atoms with Gasteiger partial charge in [-0.1, -0.05) is 0 Å². The maximum absolute atomic E-state index is 12.1. The van der Waals surface area contributed by atoms with Crippen molar-refractivity contribution in [2.24, 2.45) is 5.92 Å². The Kier molecular flexibility index (Phi) is 3.25. The Bertz CT molecular complexity index is 749. The largest absolute Gasteiger partial charge is 0.361 e. The number of carbonyl (C=O) groups excluding carboxylic acids is 1. The van der Waals surface area contributed by atoms with E-state index >= 15 is 0 Å². The fraction of sp³-hybridized carbons (Fsp3) is 0.357. The highest BCUT2D eigenvalue weighted by atomic mass is 32.2. The molecule has 1 saturated heterocycles. The molecular weight excluding hydrogens is 276 g/mol. The first-order valence-electron chi connectivity index (χ1n) is 6.59. The van der Waals surface area contributed by atoms with Crippen LogP contribution < -0.4 is 5.32 Å². The average Bonchev–Trinajstić information content (AvgIpc) is 3.01. The first-order valence-corrected chi connectivity index (χ1v) is 8.41. The number of H-pyrrole nitrogens is 1. The third kappa shape index (κ3) is 2.70. The minimum atomic E-state index is -2.88. The van der Waals surface area contributed by atoms with Crippen LogP contribution in [0.15, 0.2) is 30.5 Å². The van der Waals surface area contributed by atoms with Crippen LogP contribution in [0.3, 0.4) is 0 Å². The lowest BCUT2D eigenvalue weighted by Gasteiger charge is -2.09. The van der Waals surface area contributed by atoms with Gasteiger partial charge >= 0.3 is 0 Å². The molecule has 2 heterocycles. The van der Waals surface area contributed by atoms with Crippen molar-refractivity contribution in [3.63, 3.8) is 0 Å². The van der Waals surface area contributed by atoms with Crippen molar-refractivity contribution in [3.05, 3.63) is 36.0 Å². The summed E-state index contributed by atoms with van der Waals surface area (Å²) in [6, 6.07) is 7.37. The van der Waals surface area contributed by atoms with Crippen molar-refractivity contribution < 1.29 is 13.2 Å². The molecule has 106 valence electrons. The summed E-state index contributed by atoms with van der Waals surface area (Å²) in [5.41, 5.74) is 1.58. The van der Waals surface area contributed by atoms with Gasteiger partial charge < -0.3 is 10.3 Å². The number of fused-ring (bicyclic) bond motifs is 1. The molecule has 0 saturated carbocycles. The quantitative estimate of drug-likeness (QED) is 0.896. The molecule has 1 amide bonds.